The number of hydrogen-bond acceptors (Lipinski definition) is 18. The van der Waals surface area contributed by atoms with E-state index >= 15 is 0 Å². The summed E-state index contributed by atoms with van der Waals surface area (Å²) in [5.41, 5.74) is 7.95. The molecule has 3 aromatic carbocycles. The lowest BCUT2D eigenvalue weighted by atomic mass is 10.0. The second kappa shape index (κ2) is 41.5. The average Bonchev–Trinajstić information content (AvgIpc) is 1.70. The molecule has 33 heteroatoms. The molecule has 2 heterocycles. The second-order valence-corrected chi connectivity index (χ2v) is 22.5. The first-order chi connectivity index (χ1) is 45.5. The predicted molar refractivity (Wildman–Crippen MR) is 340 cm³/mol. The maximum Gasteiger partial charge on any atom is 0.344 e. The third-order valence-electron chi connectivity index (χ3n) is 15.1. The largest absolute Gasteiger partial charge is 0.508 e. The van der Waals surface area contributed by atoms with Crippen molar-refractivity contribution >= 4 is 65.3 Å². The van der Waals surface area contributed by atoms with Crippen LogP contribution in [-0.4, -0.2) is 254 Å². The van der Waals surface area contributed by atoms with E-state index in [1.165, 1.54) is 0 Å². The van der Waals surface area contributed by atoms with Crippen LogP contribution in [0.25, 0.3) is 0 Å². The first-order valence-electron chi connectivity index (χ1n) is 31.4. The number of nitrogens with two attached hydrogens (primary N) is 1. The summed E-state index contributed by atoms with van der Waals surface area (Å²) in [5, 5.41) is 59.4. The van der Waals surface area contributed by atoms with Crippen LogP contribution in [0.15, 0.2) is 65.7 Å². The highest BCUT2D eigenvalue weighted by Gasteiger charge is 2.35. The number of phenolic OH excluding ortho intramolecular Hbond substituents is 1. The summed E-state index contributed by atoms with van der Waals surface area (Å²) >= 11 is 0. The second-order valence-electron chi connectivity index (χ2n) is 22.5. The molecule has 1 fully saturated rings. The van der Waals surface area contributed by atoms with E-state index in [-0.39, 0.29) is 199 Å². The van der Waals surface area contributed by atoms with Gasteiger partial charge in [0.05, 0.1) is 46.0 Å². The molecule has 2 aliphatic rings. The lowest BCUT2D eigenvalue weighted by molar-refractivity contribution is -0.140. The van der Waals surface area contributed by atoms with Gasteiger partial charge in [0, 0.05) is 148 Å². The number of carbonyl (C=O) groups excluding carboxylic acids is 7. The van der Waals surface area contributed by atoms with E-state index in [9.17, 15) is 77.2 Å². The molecule has 2 aliphatic heterocycles. The van der Waals surface area contributed by atoms with Crippen LogP contribution in [0.2, 0.25) is 0 Å². The molecule has 522 valence electrons. The Balaban J connectivity index is 1.04. The van der Waals surface area contributed by atoms with Gasteiger partial charge in [-0.2, -0.15) is 4.99 Å². The number of nitrogens with zero attached hydrogens (tertiary/aromatic N) is 6. The molecule has 31 nitrogen and oxygen atoms in total. The molecule has 14 N–H and O–H groups in total. The van der Waals surface area contributed by atoms with Crippen molar-refractivity contribution < 1.29 is 86.6 Å². The summed E-state index contributed by atoms with van der Waals surface area (Å²) in [6, 6.07) is 12.9. The number of hydrogen-bond donors (Lipinski definition) is 13. The Morgan fingerprint density at radius 2 is 1.05 bits per heavy atom. The van der Waals surface area contributed by atoms with Crippen LogP contribution < -0.4 is 53.0 Å². The number of rotatable bonds is 37. The highest BCUT2D eigenvalue weighted by molar-refractivity contribution is 5.92. The Morgan fingerprint density at radius 1 is 0.568 bits per heavy atom. The number of carboxylic acid groups (broad SMARTS) is 3. The minimum Gasteiger partial charge on any atom is -0.508 e. The van der Waals surface area contributed by atoms with Gasteiger partial charge in [0.15, 0.2) is 5.96 Å². The predicted octanol–water partition coefficient (Wildman–Crippen LogP) is -1.16. The standard InChI is InChI=1S/C62H89F2N15O16/c1-2-51(81)67-18-19-71-62(93)74-61(65)70-16-5-9-50(59(91)72-35-47-48(63)33-45(80)34-49(47)64)73-60(92)58(79-36-43-7-3-4-8-44(43)37-79)42-10-12-46(13-11-42)95-30-6-17-66-52(82)14-15-53(83)68-20-31-94-32-21-69-54(84)38-75-22-24-76(39-55(85)86)26-28-78(41-57(89)90)29-27-77(25-23-75)40-56(87)88/h3-4,7-8,10-13,33-34,50,58,80H,2,5-6,9,14-32,35-41H2,1H3,(H,66,82)(H,67,81)(H,68,83)(H,69,84)(H,72,91)(H,73,92)(H,85,86)(H,87,88)(H,89,90)(H4,65,70,71,74,93)/t50-,58+/m1/s1. The van der Waals surface area contributed by atoms with Gasteiger partial charge in [0.2, 0.25) is 35.4 Å². The maximum absolute atomic E-state index is 14.7. The normalized spacial score (nSPS) is 15.1. The number of halogens is 2. The van der Waals surface area contributed by atoms with Crippen LogP contribution in [0.4, 0.5) is 13.6 Å². The SMILES string of the molecule is CCC(=O)NCCNC(=O)/N=C(/N)NCCC[C@@H](NC(=O)[C@H](c1ccc(OCCCNC(=O)CCC(=O)NCCOCCNC(=O)CN2CCN(CC(=O)O)CCN(CC(=O)O)CCN(CC(=O)O)CC2)cc1)N1Cc2ccccc2C1)C(=O)NCc1c(F)cc(O)cc1F. The number of phenols is 1. The topological polar surface area (TPSA) is 421 Å². The molecule has 0 saturated carbocycles. The number of fused-ring (bicyclic) bond motifs is 1. The van der Waals surface area contributed by atoms with E-state index in [1.807, 2.05) is 29.2 Å². The lowest BCUT2D eigenvalue weighted by Gasteiger charge is -2.32. The maximum atomic E-state index is 14.7. The van der Waals surface area contributed by atoms with Crippen molar-refractivity contribution in [3.63, 3.8) is 0 Å². The number of benzene rings is 3. The number of aliphatic carboxylic acids is 3. The summed E-state index contributed by atoms with van der Waals surface area (Å²) in [6.45, 7) is 4.39. The highest BCUT2D eigenvalue weighted by Crippen LogP contribution is 2.33. The number of guanidine groups is 1. The number of carbonyl (C=O) groups is 10. The summed E-state index contributed by atoms with van der Waals surface area (Å²) in [4.78, 5) is 137. The summed E-state index contributed by atoms with van der Waals surface area (Å²) in [5.74, 6) is -8.36. The molecule has 8 amide bonds. The van der Waals surface area contributed by atoms with Crippen molar-refractivity contribution in [1.82, 2.24) is 67.0 Å². The molecule has 3 aromatic rings. The minimum atomic E-state index is -1.26. The van der Waals surface area contributed by atoms with Gasteiger partial charge in [-0.15, -0.1) is 0 Å². The number of nitrogens with one attached hydrogen (secondary N) is 8. The van der Waals surface area contributed by atoms with Gasteiger partial charge in [0.25, 0.3) is 0 Å². The molecule has 0 bridgehead atoms. The minimum absolute atomic E-state index is 0.0156. The fraction of sp³-hybridized carbons (Fsp3) is 0.532. The number of carboxylic acids is 3. The molecule has 0 aromatic heterocycles. The Morgan fingerprint density at radius 3 is 1.58 bits per heavy atom. The zero-order chi connectivity index (χ0) is 69.1. The molecule has 0 unspecified atom stereocenters. The van der Waals surface area contributed by atoms with Gasteiger partial charge in [-0.3, -0.25) is 67.7 Å². The Hall–Kier alpha value is -9.15. The van der Waals surface area contributed by atoms with Crippen molar-refractivity contribution in [2.24, 2.45) is 10.7 Å². The summed E-state index contributed by atoms with van der Waals surface area (Å²) in [6.07, 6.45) is 0.700. The van der Waals surface area contributed by atoms with E-state index in [2.05, 4.69) is 47.5 Å². The molecule has 95 heavy (non-hydrogen) atoms. The third-order valence-corrected chi connectivity index (χ3v) is 15.1. The first-order valence-corrected chi connectivity index (χ1v) is 31.4. The molecule has 0 spiro atoms. The van der Waals surface area contributed by atoms with Gasteiger partial charge in [-0.25, -0.2) is 13.6 Å². The molecule has 1 saturated heterocycles. The van der Waals surface area contributed by atoms with E-state index in [1.54, 1.807) is 50.8 Å². The first kappa shape index (κ1) is 76.6. The summed E-state index contributed by atoms with van der Waals surface area (Å²) < 4.78 is 41.0. The van der Waals surface area contributed by atoms with Gasteiger partial charge < -0.3 is 78.2 Å². The summed E-state index contributed by atoms with van der Waals surface area (Å²) in [7, 11) is 0. The van der Waals surface area contributed by atoms with Crippen molar-refractivity contribution in [3.8, 4) is 11.5 Å². The number of amides is 8. The van der Waals surface area contributed by atoms with E-state index in [4.69, 9.17) is 15.2 Å². The van der Waals surface area contributed by atoms with Gasteiger partial charge >= 0.3 is 23.9 Å². The molecule has 0 radical (unpaired) electrons. The zero-order valence-electron chi connectivity index (χ0n) is 53.3. The number of aliphatic imine (C=N–C) groups is 1. The molecular formula is C62H89F2N15O16. The van der Waals surface area contributed by atoms with Crippen LogP contribution in [0.3, 0.4) is 0 Å². The molecule has 5 rings (SSSR count). The molecule has 2 atom stereocenters. The smallest absolute Gasteiger partial charge is 0.344 e. The van der Waals surface area contributed by atoms with Crippen LogP contribution in [0, 0.1) is 11.6 Å². The average molecular weight is 1340 g/mol. The fourth-order valence-electron chi connectivity index (χ4n) is 10.2. The van der Waals surface area contributed by atoms with Crippen LogP contribution in [0.5, 0.6) is 11.5 Å². The van der Waals surface area contributed by atoms with Gasteiger partial charge in [-0.05, 0) is 48.1 Å². The lowest BCUT2D eigenvalue weighted by Crippen LogP contribution is -2.50. The van der Waals surface area contributed by atoms with Crippen LogP contribution >= 0.6 is 0 Å². The third kappa shape index (κ3) is 29.8. The van der Waals surface area contributed by atoms with Gasteiger partial charge in [0.1, 0.15) is 35.2 Å². The Kier molecular flexibility index (Phi) is 33.5. The van der Waals surface area contributed by atoms with E-state index < -0.39 is 77.3 Å². The Bertz CT molecular complexity index is 3000. The van der Waals surface area contributed by atoms with Crippen molar-refractivity contribution in [2.45, 2.75) is 77.2 Å². The zero-order valence-corrected chi connectivity index (χ0v) is 53.3. The fourth-order valence-corrected chi connectivity index (χ4v) is 10.2. The molecular weight excluding hydrogens is 1250 g/mol. The highest BCUT2D eigenvalue weighted by atomic mass is 19.1. The van der Waals surface area contributed by atoms with Crippen molar-refractivity contribution in [1.29, 1.82) is 0 Å². The van der Waals surface area contributed by atoms with Gasteiger partial charge in [-0.1, -0.05) is 43.3 Å². The number of aromatic hydroxyl groups is 1. The monoisotopic (exact) mass is 1340 g/mol. The van der Waals surface area contributed by atoms with Crippen molar-refractivity contribution in [3.05, 3.63) is 94.6 Å². The van der Waals surface area contributed by atoms with E-state index in [0.717, 1.165) is 11.1 Å². The van der Waals surface area contributed by atoms with Crippen LogP contribution in [-0.2, 0) is 67.5 Å². The Labute approximate surface area is 548 Å². The molecule has 0 aliphatic carbocycles. The number of ether oxygens (including phenoxy) is 2. The van der Waals surface area contributed by atoms with Crippen LogP contribution in [0.1, 0.15) is 73.7 Å². The quantitative estimate of drug-likeness (QED) is 0.0184. The van der Waals surface area contributed by atoms with E-state index in [0.29, 0.717) is 43.0 Å². The van der Waals surface area contributed by atoms with Crippen molar-refractivity contribution in [2.75, 3.05) is 138 Å². The number of urea groups is 1.